The summed E-state index contributed by atoms with van der Waals surface area (Å²) in [5, 5.41) is 7.09. The zero-order chi connectivity index (χ0) is 21.1. The van der Waals surface area contributed by atoms with Crippen LogP contribution in [0.5, 0.6) is 0 Å². The number of thiophene rings is 1. The third-order valence-electron chi connectivity index (χ3n) is 5.41. The van der Waals surface area contributed by atoms with E-state index in [2.05, 4.69) is 26.9 Å². The number of hydrogen-bond donors (Lipinski definition) is 1. The summed E-state index contributed by atoms with van der Waals surface area (Å²) in [5.41, 5.74) is 3.15. The Bertz CT molecular complexity index is 1070. The molecule has 1 N–H and O–H groups in total. The van der Waals surface area contributed by atoms with Crippen LogP contribution in [0.25, 0.3) is 0 Å². The highest BCUT2D eigenvalue weighted by Gasteiger charge is 2.26. The van der Waals surface area contributed by atoms with Crippen LogP contribution in [-0.4, -0.2) is 42.2 Å². The molecule has 0 radical (unpaired) electrons. The fourth-order valence-corrected chi connectivity index (χ4v) is 6.37. The first kappa shape index (κ1) is 21.5. The van der Waals surface area contributed by atoms with Crippen molar-refractivity contribution in [1.82, 2.24) is 19.4 Å². The second kappa shape index (κ2) is 9.20. The van der Waals surface area contributed by atoms with Gasteiger partial charge in [-0.05, 0) is 36.8 Å². The molecule has 0 amide bonds. The van der Waals surface area contributed by atoms with Gasteiger partial charge in [-0.1, -0.05) is 48.0 Å². The number of rotatable bonds is 7. The number of nitrogens with zero attached hydrogens (tertiary/aromatic N) is 3. The Morgan fingerprint density at radius 2 is 1.87 bits per heavy atom. The molecule has 1 saturated heterocycles. The molecule has 9 heteroatoms. The lowest BCUT2D eigenvalue weighted by molar-refractivity contribution is 0.199. The van der Waals surface area contributed by atoms with Gasteiger partial charge in [0.2, 0.25) is 10.0 Å². The van der Waals surface area contributed by atoms with Gasteiger partial charge in [-0.15, -0.1) is 11.3 Å². The molecule has 0 atom stereocenters. The molecule has 30 heavy (non-hydrogen) atoms. The van der Waals surface area contributed by atoms with Gasteiger partial charge in [0, 0.05) is 31.2 Å². The van der Waals surface area contributed by atoms with Crippen LogP contribution in [-0.2, 0) is 23.1 Å². The number of sulfonamides is 1. The molecule has 3 heterocycles. The zero-order valence-electron chi connectivity index (χ0n) is 16.8. The average Bonchev–Trinajstić information content (AvgIpc) is 3.36. The molecule has 0 aliphatic carbocycles. The van der Waals surface area contributed by atoms with Gasteiger partial charge in [-0.3, -0.25) is 4.90 Å². The van der Waals surface area contributed by atoms with Crippen molar-refractivity contribution in [3.05, 3.63) is 69.8 Å². The number of benzene rings is 1. The highest BCUT2D eigenvalue weighted by atomic mass is 35.5. The summed E-state index contributed by atoms with van der Waals surface area (Å²) in [6.07, 6.45) is 1.55. The van der Waals surface area contributed by atoms with Crippen molar-refractivity contribution in [2.45, 2.75) is 43.1 Å². The van der Waals surface area contributed by atoms with Gasteiger partial charge in [0.1, 0.15) is 9.36 Å². The van der Waals surface area contributed by atoms with Gasteiger partial charge >= 0.3 is 0 Å². The zero-order valence-corrected chi connectivity index (χ0v) is 19.2. The highest BCUT2D eigenvalue weighted by molar-refractivity contribution is 7.91. The maximum absolute atomic E-state index is 12.4. The van der Waals surface area contributed by atoms with Gasteiger partial charge in [0.05, 0.1) is 12.2 Å². The monoisotopic (exact) mass is 464 g/mol. The minimum atomic E-state index is -3.42. The minimum Gasteiger partial charge on any atom is -0.299 e. The molecule has 1 aromatic carbocycles. The van der Waals surface area contributed by atoms with Gasteiger partial charge in [-0.2, -0.15) is 5.10 Å². The summed E-state index contributed by atoms with van der Waals surface area (Å²) in [4.78, 5) is 2.32. The maximum atomic E-state index is 12.4. The SMILES string of the molecule is Cc1nn(Cc2ccccc2)c(Cl)c1CN1CCC(NS(=O)(=O)c2cccs2)CC1. The second-order valence-corrected chi connectivity index (χ2v) is 10.8. The summed E-state index contributed by atoms with van der Waals surface area (Å²) in [6, 6.07) is 13.5. The van der Waals surface area contributed by atoms with Crippen molar-refractivity contribution in [3.8, 4) is 0 Å². The summed E-state index contributed by atoms with van der Waals surface area (Å²) >= 11 is 7.90. The summed E-state index contributed by atoms with van der Waals surface area (Å²) in [7, 11) is -3.42. The van der Waals surface area contributed by atoms with E-state index in [0.717, 1.165) is 49.3 Å². The van der Waals surface area contributed by atoms with E-state index in [1.807, 2.05) is 29.8 Å². The molecule has 4 rings (SSSR count). The van der Waals surface area contributed by atoms with E-state index in [0.29, 0.717) is 15.9 Å². The van der Waals surface area contributed by atoms with E-state index < -0.39 is 10.0 Å². The quantitative estimate of drug-likeness (QED) is 0.575. The lowest BCUT2D eigenvalue weighted by Gasteiger charge is -2.32. The van der Waals surface area contributed by atoms with Gasteiger partial charge in [0.15, 0.2) is 0 Å². The minimum absolute atomic E-state index is 0.0364. The Morgan fingerprint density at radius 3 is 2.53 bits per heavy atom. The molecule has 160 valence electrons. The molecule has 3 aromatic rings. The molecule has 1 aliphatic heterocycles. The molecule has 6 nitrogen and oxygen atoms in total. The third kappa shape index (κ3) is 4.95. The lowest BCUT2D eigenvalue weighted by atomic mass is 10.1. The van der Waals surface area contributed by atoms with Crippen molar-refractivity contribution in [2.24, 2.45) is 0 Å². The number of aromatic nitrogens is 2. The van der Waals surface area contributed by atoms with Crippen molar-refractivity contribution >= 4 is 33.0 Å². The molecule has 1 aliphatic rings. The average molecular weight is 465 g/mol. The topological polar surface area (TPSA) is 67.2 Å². The van der Waals surface area contributed by atoms with Crippen LogP contribution in [0, 0.1) is 6.92 Å². The second-order valence-electron chi connectivity index (χ2n) is 7.60. The molecule has 0 bridgehead atoms. The molecule has 0 unspecified atom stereocenters. The van der Waals surface area contributed by atoms with Crippen LogP contribution in [0.15, 0.2) is 52.1 Å². The Kier molecular flexibility index (Phi) is 6.60. The number of halogens is 1. The maximum Gasteiger partial charge on any atom is 0.250 e. The van der Waals surface area contributed by atoms with Crippen molar-refractivity contribution in [2.75, 3.05) is 13.1 Å². The fraction of sp³-hybridized carbons (Fsp3) is 0.381. The predicted octanol–water partition coefficient (Wildman–Crippen LogP) is 3.90. The van der Waals surface area contributed by atoms with Crippen molar-refractivity contribution in [1.29, 1.82) is 0 Å². The fourth-order valence-electron chi connectivity index (χ4n) is 3.76. The van der Waals surface area contributed by atoms with E-state index in [-0.39, 0.29) is 6.04 Å². The number of aryl methyl sites for hydroxylation is 1. The smallest absolute Gasteiger partial charge is 0.250 e. The third-order valence-corrected chi connectivity index (χ3v) is 8.75. The molecule has 1 fully saturated rings. The molecular formula is C21H25ClN4O2S2. The number of hydrogen-bond acceptors (Lipinski definition) is 5. The van der Waals surface area contributed by atoms with E-state index in [1.165, 1.54) is 11.3 Å². The van der Waals surface area contributed by atoms with E-state index >= 15 is 0 Å². The molecule has 0 spiro atoms. The number of likely N-dealkylation sites (tertiary alicyclic amines) is 1. The van der Waals surface area contributed by atoms with Crippen LogP contribution >= 0.6 is 22.9 Å². The Hall–Kier alpha value is -1.71. The summed E-state index contributed by atoms with van der Waals surface area (Å²) < 4.78 is 29.9. The standard InChI is InChI=1S/C21H25ClN4O2S2/c1-16-19(21(22)26(23-16)14-17-6-3-2-4-7-17)15-25-11-9-18(10-12-25)24-30(27,28)20-8-5-13-29-20/h2-8,13,18,24H,9-12,14-15H2,1H3. The first-order chi connectivity index (χ1) is 14.4. The first-order valence-electron chi connectivity index (χ1n) is 9.96. The van der Waals surface area contributed by atoms with Crippen molar-refractivity contribution in [3.63, 3.8) is 0 Å². The summed E-state index contributed by atoms with van der Waals surface area (Å²) in [5.74, 6) is 0. The normalized spacial score (nSPS) is 16.2. The first-order valence-corrected chi connectivity index (χ1v) is 12.7. The van der Waals surface area contributed by atoms with E-state index in [4.69, 9.17) is 11.6 Å². The largest absolute Gasteiger partial charge is 0.299 e. The molecule has 0 saturated carbocycles. The molecule has 2 aromatic heterocycles. The van der Waals surface area contributed by atoms with Crippen LogP contribution < -0.4 is 4.72 Å². The van der Waals surface area contributed by atoms with Gasteiger partial charge in [-0.25, -0.2) is 17.8 Å². The highest BCUT2D eigenvalue weighted by Crippen LogP contribution is 2.25. The number of piperidine rings is 1. The van der Waals surface area contributed by atoms with E-state index in [1.54, 1.807) is 17.5 Å². The Morgan fingerprint density at radius 1 is 1.13 bits per heavy atom. The number of nitrogens with one attached hydrogen (secondary N) is 1. The summed E-state index contributed by atoms with van der Waals surface area (Å²) in [6.45, 7) is 5.00. The predicted molar refractivity (Wildman–Crippen MR) is 120 cm³/mol. The van der Waals surface area contributed by atoms with Gasteiger partial charge in [0.25, 0.3) is 0 Å². The van der Waals surface area contributed by atoms with Crippen LogP contribution in [0.2, 0.25) is 5.15 Å². The van der Waals surface area contributed by atoms with Crippen LogP contribution in [0.1, 0.15) is 29.7 Å². The van der Waals surface area contributed by atoms with Crippen LogP contribution in [0.4, 0.5) is 0 Å². The van der Waals surface area contributed by atoms with Crippen LogP contribution in [0.3, 0.4) is 0 Å². The van der Waals surface area contributed by atoms with Crippen molar-refractivity contribution < 1.29 is 8.42 Å². The van der Waals surface area contributed by atoms with Gasteiger partial charge < -0.3 is 0 Å². The van der Waals surface area contributed by atoms with E-state index in [9.17, 15) is 8.42 Å². The lowest BCUT2D eigenvalue weighted by Crippen LogP contribution is -2.44. The molecular weight excluding hydrogens is 440 g/mol. The Labute approximate surface area is 186 Å². The Balaban J connectivity index is 1.35.